The lowest BCUT2D eigenvalue weighted by molar-refractivity contribution is -0.0450. The summed E-state index contributed by atoms with van der Waals surface area (Å²) in [6, 6.07) is 0. The minimum Gasteiger partial charge on any atom is -0.375 e. The van der Waals surface area contributed by atoms with Gasteiger partial charge in [0.05, 0.1) is 12.2 Å². The number of hydrogen-bond acceptors (Lipinski definition) is 1. The van der Waals surface area contributed by atoms with E-state index in [0.717, 1.165) is 0 Å². The van der Waals surface area contributed by atoms with E-state index in [1.54, 1.807) is 0 Å². The summed E-state index contributed by atoms with van der Waals surface area (Å²) in [6.45, 7) is 0. The van der Waals surface area contributed by atoms with Gasteiger partial charge in [-0.2, -0.15) is 0 Å². The average Bonchev–Trinajstić information content (AvgIpc) is 2.21. The number of hydrogen-bond donors (Lipinski definition) is 0. The van der Waals surface area contributed by atoms with Gasteiger partial charge < -0.3 is 4.74 Å². The molecule has 0 heterocycles. The Morgan fingerprint density at radius 1 is 0.571 bits per heavy atom. The molecule has 0 atom stereocenters. The van der Waals surface area contributed by atoms with Crippen LogP contribution >= 0.6 is 0 Å². The molecule has 2 fully saturated rings. The van der Waals surface area contributed by atoms with Gasteiger partial charge in [-0.25, -0.2) is 0 Å². The first-order valence-electron chi connectivity index (χ1n) is 6.10. The van der Waals surface area contributed by atoms with Crippen LogP contribution in [0.3, 0.4) is 0 Å². The monoisotopic (exact) mass is 209 g/mol. The molecule has 2 heteroatoms. The summed E-state index contributed by atoms with van der Waals surface area (Å²) in [6.07, 6.45) is 15.0. The summed E-state index contributed by atoms with van der Waals surface area (Å²) in [7, 11) is 0. The third kappa shape index (κ3) is 3.93. The normalized spacial score (nSPS) is 25.7. The molecule has 0 spiro atoms. The molecule has 2 rings (SSSR count). The van der Waals surface area contributed by atoms with Gasteiger partial charge in [-0.15, -0.1) is 0 Å². The first kappa shape index (κ1) is 12.6. The van der Waals surface area contributed by atoms with Gasteiger partial charge in [-0.3, -0.25) is 0 Å². The highest BCUT2D eigenvalue weighted by Gasteiger charge is 2.20. The molecule has 3 radical (unpaired) electrons. The third-order valence-corrected chi connectivity index (χ3v) is 3.49. The molecule has 0 unspecified atom stereocenters. The molecule has 0 aliphatic heterocycles. The van der Waals surface area contributed by atoms with Crippen LogP contribution in [0.4, 0.5) is 0 Å². The van der Waals surface area contributed by atoms with Crippen LogP contribution in [-0.2, 0) is 4.74 Å². The van der Waals surface area contributed by atoms with Gasteiger partial charge in [0.15, 0.2) is 0 Å². The van der Waals surface area contributed by atoms with Gasteiger partial charge in [-0.1, -0.05) is 38.5 Å². The van der Waals surface area contributed by atoms with Gasteiger partial charge in [0.1, 0.15) is 0 Å². The Morgan fingerprint density at radius 3 is 1.29 bits per heavy atom. The Labute approximate surface area is 98.7 Å². The van der Waals surface area contributed by atoms with Crippen molar-refractivity contribution in [1.82, 2.24) is 0 Å². The largest absolute Gasteiger partial charge is 0.375 e. The summed E-state index contributed by atoms with van der Waals surface area (Å²) in [4.78, 5) is 0. The van der Waals surface area contributed by atoms with Crippen molar-refractivity contribution in [2.45, 2.75) is 76.4 Å². The highest BCUT2D eigenvalue weighted by molar-refractivity contribution is 5.75. The summed E-state index contributed by atoms with van der Waals surface area (Å²) in [5.41, 5.74) is 0. The predicted octanol–water partition coefficient (Wildman–Crippen LogP) is 3.29. The van der Waals surface area contributed by atoms with Crippen molar-refractivity contribution in [3.8, 4) is 0 Å². The van der Waals surface area contributed by atoms with E-state index in [0.29, 0.717) is 12.2 Å². The van der Waals surface area contributed by atoms with E-state index >= 15 is 0 Å². The summed E-state index contributed by atoms with van der Waals surface area (Å²) >= 11 is 0. The van der Waals surface area contributed by atoms with Crippen molar-refractivity contribution in [1.29, 1.82) is 0 Å². The second-order valence-electron chi connectivity index (χ2n) is 4.66. The molecule has 0 saturated heterocycles. The molecular formula is C12H22AlO. The summed E-state index contributed by atoms with van der Waals surface area (Å²) in [5.74, 6) is 0. The van der Waals surface area contributed by atoms with Crippen LogP contribution in [0.1, 0.15) is 64.2 Å². The van der Waals surface area contributed by atoms with Crippen molar-refractivity contribution >= 4 is 17.4 Å². The van der Waals surface area contributed by atoms with Crippen molar-refractivity contribution < 1.29 is 4.74 Å². The zero-order chi connectivity index (χ0) is 8.93. The molecule has 0 aromatic rings. The SMILES string of the molecule is C1CCC(OC2CCCCC2)CC1.[Al]. The lowest BCUT2D eigenvalue weighted by atomic mass is 9.95. The van der Waals surface area contributed by atoms with Crippen LogP contribution in [0.25, 0.3) is 0 Å². The van der Waals surface area contributed by atoms with Crippen LogP contribution in [0, 0.1) is 0 Å². The maximum Gasteiger partial charge on any atom is 0.0578 e. The van der Waals surface area contributed by atoms with Crippen LogP contribution < -0.4 is 0 Å². The Kier molecular flexibility index (Phi) is 6.17. The highest BCUT2D eigenvalue weighted by Crippen LogP contribution is 2.26. The quantitative estimate of drug-likeness (QED) is 0.634. The van der Waals surface area contributed by atoms with Crippen molar-refractivity contribution in [2.24, 2.45) is 0 Å². The zero-order valence-electron chi connectivity index (χ0n) is 9.21. The molecule has 2 saturated carbocycles. The first-order chi connectivity index (χ1) is 6.45. The topological polar surface area (TPSA) is 9.23 Å². The molecule has 79 valence electrons. The average molecular weight is 209 g/mol. The van der Waals surface area contributed by atoms with Crippen molar-refractivity contribution in [3.05, 3.63) is 0 Å². The van der Waals surface area contributed by atoms with E-state index in [9.17, 15) is 0 Å². The van der Waals surface area contributed by atoms with Crippen LogP contribution in [0.2, 0.25) is 0 Å². The third-order valence-electron chi connectivity index (χ3n) is 3.49. The van der Waals surface area contributed by atoms with Crippen molar-refractivity contribution in [3.63, 3.8) is 0 Å². The molecule has 0 bridgehead atoms. The lowest BCUT2D eigenvalue weighted by Gasteiger charge is -2.29. The minimum absolute atomic E-state index is 0. The first-order valence-corrected chi connectivity index (χ1v) is 6.10. The molecule has 2 aliphatic carbocycles. The fourth-order valence-corrected chi connectivity index (χ4v) is 2.67. The van der Waals surface area contributed by atoms with E-state index in [1.165, 1.54) is 64.2 Å². The number of rotatable bonds is 2. The summed E-state index contributed by atoms with van der Waals surface area (Å²) in [5, 5.41) is 0. The van der Waals surface area contributed by atoms with Gasteiger partial charge in [0, 0.05) is 17.4 Å². The lowest BCUT2D eigenvalue weighted by Crippen LogP contribution is -2.25. The molecule has 14 heavy (non-hydrogen) atoms. The van der Waals surface area contributed by atoms with Crippen molar-refractivity contribution in [2.75, 3.05) is 0 Å². The molecule has 0 aromatic carbocycles. The van der Waals surface area contributed by atoms with Gasteiger partial charge in [0.2, 0.25) is 0 Å². The van der Waals surface area contributed by atoms with Crippen LogP contribution in [0.5, 0.6) is 0 Å². The fraction of sp³-hybridized carbons (Fsp3) is 1.00. The standard InChI is InChI=1S/C12H22O.Al/c1-3-7-11(8-4-1)13-12-9-5-2-6-10-12;/h11-12H,1-10H2;. The Morgan fingerprint density at radius 2 is 0.929 bits per heavy atom. The zero-order valence-corrected chi connectivity index (χ0v) is 10.4. The molecule has 0 N–H and O–H groups in total. The van der Waals surface area contributed by atoms with Crippen LogP contribution in [0.15, 0.2) is 0 Å². The molecule has 1 nitrogen and oxygen atoms in total. The molecule has 2 aliphatic rings. The van der Waals surface area contributed by atoms with E-state index in [4.69, 9.17) is 4.74 Å². The fourth-order valence-electron chi connectivity index (χ4n) is 2.67. The Bertz CT molecular complexity index is 121. The summed E-state index contributed by atoms with van der Waals surface area (Å²) < 4.78 is 6.13. The second-order valence-corrected chi connectivity index (χ2v) is 4.66. The predicted molar refractivity (Wildman–Crippen MR) is 60.6 cm³/mol. The van der Waals surface area contributed by atoms with Gasteiger partial charge >= 0.3 is 0 Å². The van der Waals surface area contributed by atoms with E-state index in [1.807, 2.05) is 0 Å². The number of ether oxygens (including phenoxy) is 1. The van der Waals surface area contributed by atoms with Gasteiger partial charge in [-0.05, 0) is 25.7 Å². The van der Waals surface area contributed by atoms with E-state index < -0.39 is 0 Å². The smallest absolute Gasteiger partial charge is 0.0578 e. The molecular weight excluding hydrogens is 187 g/mol. The minimum atomic E-state index is 0. The van der Waals surface area contributed by atoms with Crippen LogP contribution in [-0.4, -0.2) is 29.6 Å². The second kappa shape index (κ2) is 6.88. The Balaban J connectivity index is 0.000000980. The Hall–Kier alpha value is 0.492. The van der Waals surface area contributed by atoms with Gasteiger partial charge in [0.25, 0.3) is 0 Å². The molecule has 0 aromatic heterocycles. The highest BCUT2D eigenvalue weighted by atomic mass is 27.0. The van der Waals surface area contributed by atoms with E-state index in [-0.39, 0.29) is 17.4 Å². The van der Waals surface area contributed by atoms with E-state index in [2.05, 4.69) is 0 Å². The maximum atomic E-state index is 6.13. The maximum absolute atomic E-state index is 6.13. The molecule has 0 amide bonds.